The van der Waals surface area contributed by atoms with E-state index in [4.69, 9.17) is 0 Å². The van der Waals surface area contributed by atoms with Gasteiger partial charge in [0, 0.05) is 0 Å². The molecule has 1 fully saturated rings. The highest BCUT2D eigenvalue weighted by molar-refractivity contribution is 5.22. The van der Waals surface area contributed by atoms with Crippen molar-refractivity contribution in [3.8, 4) is 0 Å². The van der Waals surface area contributed by atoms with Crippen molar-refractivity contribution in [2.24, 2.45) is 11.8 Å². The Kier molecular flexibility index (Phi) is 3.42. The lowest BCUT2D eigenvalue weighted by Gasteiger charge is -2.16. The lowest BCUT2D eigenvalue weighted by Crippen LogP contribution is -2.14. The van der Waals surface area contributed by atoms with Crippen LogP contribution in [0.25, 0.3) is 0 Å². The van der Waals surface area contributed by atoms with E-state index < -0.39 is 0 Å². The van der Waals surface area contributed by atoms with E-state index in [2.05, 4.69) is 43.4 Å². The van der Waals surface area contributed by atoms with Crippen LogP contribution >= 0.6 is 0 Å². The molecule has 0 bridgehead atoms. The van der Waals surface area contributed by atoms with Gasteiger partial charge >= 0.3 is 0 Å². The van der Waals surface area contributed by atoms with Gasteiger partial charge in [-0.05, 0) is 43.8 Å². The minimum absolute atomic E-state index is 0.844. The third kappa shape index (κ3) is 2.60. The molecule has 2 atom stereocenters. The molecule has 0 spiro atoms. The van der Waals surface area contributed by atoms with E-state index in [9.17, 15) is 0 Å². The molecule has 0 aliphatic carbocycles. The summed E-state index contributed by atoms with van der Waals surface area (Å²) in [6.07, 6.45) is 2.55. The second kappa shape index (κ2) is 4.80. The van der Waals surface area contributed by atoms with Gasteiger partial charge < -0.3 is 5.32 Å². The molecule has 1 heteroatoms. The molecule has 1 heterocycles. The molecule has 1 aromatic rings. The van der Waals surface area contributed by atoms with Gasteiger partial charge in [0.05, 0.1) is 0 Å². The minimum Gasteiger partial charge on any atom is -0.316 e. The summed E-state index contributed by atoms with van der Waals surface area (Å²) in [6, 6.07) is 8.94. The summed E-state index contributed by atoms with van der Waals surface area (Å²) in [5.41, 5.74) is 2.88. The molecule has 2 unspecified atom stereocenters. The summed E-state index contributed by atoms with van der Waals surface area (Å²) in [5.74, 6) is 1.72. The number of hydrogen-bond acceptors (Lipinski definition) is 1. The van der Waals surface area contributed by atoms with Crippen LogP contribution in [0, 0.1) is 18.8 Å². The molecule has 2 rings (SSSR count). The molecule has 0 radical (unpaired) electrons. The average molecular weight is 203 g/mol. The Morgan fingerprint density at radius 3 is 2.80 bits per heavy atom. The molecule has 1 aliphatic rings. The summed E-state index contributed by atoms with van der Waals surface area (Å²) in [7, 11) is 0. The molecule has 1 saturated heterocycles. The molecular formula is C14H21N. The molecule has 1 N–H and O–H groups in total. The fraction of sp³-hybridized carbons (Fsp3) is 0.571. The van der Waals surface area contributed by atoms with Gasteiger partial charge in [-0.2, -0.15) is 0 Å². The highest BCUT2D eigenvalue weighted by atomic mass is 14.9. The number of aryl methyl sites for hydroxylation is 1. The fourth-order valence-electron chi connectivity index (χ4n) is 2.65. The monoisotopic (exact) mass is 203 g/mol. The molecular weight excluding hydrogens is 182 g/mol. The highest BCUT2D eigenvalue weighted by Crippen LogP contribution is 2.24. The van der Waals surface area contributed by atoms with Gasteiger partial charge in [0.15, 0.2) is 0 Å². The van der Waals surface area contributed by atoms with Crippen molar-refractivity contribution in [3.05, 3.63) is 35.4 Å². The predicted molar refractivity (Wildman–Crippen MR) is 65.0 cm³/mol. The van der Waals surface area contributed by atoms with Gasteiger partial charge in [0.25, 0.3) is 0 Å². The van der Waals surface area contributed by atoms with Crippen LogP contribution in [0.3, 0.4) is 0 Å². The SMILES string of the molecule is CCC1CNCC1Cc1cccc(C)c1. The average Bonchev–Trinajstić information content (AvgIpc) is 2.65. The maximum absolute atomic E-state index is 3.51. The Bertz CT molecular complexity index is 319. The first-order valence-corrected chi connectivity index (χ1v) is 6.06. The number of hydrogen-bond donors (Lipinski definition) is 1. The van der Waals surface area contributed by atoms with Crippen LogP contribution in [-0.4, -0.2) is 13.1 Å². The van der Waals surface area contributed by atoms with Gasteiger partial charge in [-0.3, -0.25) is 0 Å². The maximum atomic E-state index is 3.51. The summed E-state index contributed by atoms with van der Waals surface area (Å²) < 4.78 is 0. The maximum Gasteiger partial charge on any atom is -0.00141 e. The summed E-state index contributed by atoms with van der Waals surface area (Å²) in [5, 5.41) is 3.51. The lowest BCUT2D eigenvalue weighted by molar-refractivity contribution is 0.406. The fourth-order valence-corrected chi connectivity index (χ4v) is 2.65. The van der Waals surface area contributed by atoms with Crippen LogP contribution in [0.2, 0.25) is 0 Å². The van der Waals surface area contributed by atoms with Crippen LogP contribution in [-0.2, 0) is 6.42 Å². The zero-order chi connectivity index (χ0) is 10.7. The van der Waals surface area contributed by atoms with Crippen LogP contribution in [0.5, 0.6) is 0 Å². The predicted octanol–water partition coefficient (Wildman–Crippen LogP) is 2.78. The van der Waals surface area contributed by atoms with Gasteiger partial charge in [-0.1, -0.05) is 43.2 Å². The third-order valence-corrected chi connectivity index (χ3v) is 3.58. The Balaban J connectivity index is 2.02. The van der Waals surface area contributed by atoms with Gasteiger partial charge in [-0.25, -0.2) is 0 Å². The van der Waals surface area contributed by atoms with E-state index in [0.717, 1.165) is 11.8 Å². The first-order chi connectivity index (χ1) is 7.29. The third-order valence-electron chi connectivity index (χ3n) is 3.58. The van der Waals surface area contributed by atoms with Crippen LogP contribution in [0.4, 0.5) is 0 Å². The van der Waals surface area contributed by atoms with Crippen molar-refractivity contribution >= 4 is 0 Å². The van der Waals surface area contributed by atoms with Crippen molar-refractivity contribution < 1.29 is 0 Å². The van der Waals surface area contributed by atoms with Gasteiger partial charge in [0.1, 0.15) is 0 Å². The smallest absolute Gasteiger partial charge is 0.00141 e. The molecule has 0 saturated carbocycles. The summed E-state index contributed by atoms with van der Waals surface area (Å²) in [6.45, 7) is 6.90. The number of nitrogens with one attached hydrogen (secondary N) is 1. The normalized spacial score (nSPS) is 25.7. The van der Waals surface area contributed by atoms with E-state index in [1.165, 1.54) is 37.1 Å². The van der Waals surface area contributed by atoms with E-state index >= 15 is 0 Å². The van der Waals surface area contributed by atoms with Crippen molar-refractivity contribution in [3.63, 3.8) is 0 Å². The van der Waals surface area contributed by atoms with E-state index in [1.54, 1.807) is 0 Å². The minimum atomic E-state index is 0.844. The van der Waals surface area contributed by atoms with Crippen molar-refractivity contribution in [1.82, 2.24) is 5.32 Å². The van der Waals surface area contributed by atoms with Crippen molar-refractivity contribution in [1.29, 1.82) is 0 Å². The van der Waals surface area contributed by atoms with Crippen molar-refractivity contribution in [2.75, 3.05) is 13.1 Å². The number of rotatable bonds is 3. The van der Waals surface area contributed by atoms with Crippen LogP contribution in [0.1, 0.15) is 24.5 Å². The quantitative estimate of drug-likeness (QED) is 0.796. The molecule has 0 amide bonds. The Morgan fingerprint density at radius 2 is 2.07 bits per heavy atom. The van der Waals surface area contributed by atoms with Crippen LogP contribution < -0.4 is 5.32 Å². The standard InChI is InChI=1S/C14H21N/c1-3-13-9-15-10-14(13)8-12-6-4-5-11(2)7-12/h4-7,13-15H,3,8-10H2,1-2H3. The topological polar surface area (TPSA) is 12.0 Å². The molecule has 1 aromatic carbocycles. The lowest BCUT2D eigenvalue weighted by atomic mass is 9.88. The zero-order valence-electron chi connectivity index (χ0n) is 9.79. The van der Waals surface area contributed by atoms with E-state index in [0.29, 0.717) is 0 Å². The van der Waals surface area contributed by atoms with Crippen molar-refractivity contribution in [2.45, 2.75) is 26.7 Å². The first-order valence-electron chi connectivity index (χ1n) is 6.06. The molecule has 82 valence electrons. The second-order valence-corrected chi connectivity index (χ2v) is 4.78. The zero-order valence-corrected chi connectivity index (χ0v) is 9.79. The first kappa shape index (κ1) is 10.7. The summed E-state index contributed by atoms with van der Waals surface area (Å²) in [4.78, 5) is 0. The van der Waals surface area contributed by atoms with Gasteiger partial charge in [0.2, 0.25) is 0 Å². The Labute approximate surface area is 92.9 Å². The molecule has 1 nitrogen and oxygen atoms in total. The molecule has 1 aliphatic heterocycles. The summed E-state index contributed by atoms with van der Waals surface area (Å²) >= 11 is 0. The highest BCUT2D eigenvalue weighted by Gasteiger charge is 2.25. The second-order valence-electron chi connectivity index (χ2n) is 4.78. The van der Waals surface area contributed by atoms with E-state index in [-0.39, 0.29) is 0 Å². The molecule has 0 aromatic heterocycles. The Morgan fingerprint density at radius 1 is 1.27 bits per heavy atom. The Hall–Kier alpha value is -0.820. The van der Waals surface area contributed by atoms with Gasteiger partial charge in [-0.15, -0.1) is 0 Å². The number of benzene rings is 1. The molecule has 15 heavy (non-hydrogen) atoms. The van der Waals surface area contributed by atoms with E-state index in [1.807, 2.05) is 0 Å². The van der Waals surface area contributed by atoms with Crippen LogP contribution in [0.15, 0.2) is 24.3 Å². The largest absolute Gasteiger partial charge is 0.316 e.